The predicted octanol–water partition coefficient (Wildman–Crippen LogP) is 3.51. The number of aliphatic hydroxyl groups is 1. The lowest BCUT2D eigenvalue weighted by molar-refractivity contribution is -0.158. The molecule has 4 nitrogen and oxygen atoms in total. The fraction of sp³-hybridized carbons (Fsp3) is 0.458. The molecule has 0 bridgehead atoms. The monoisotopic (exact) mass is 379 g/mol. The van der Waals surface area contributed by atoms with Crippen molar-refractivity contribution in [2.24, 2.45) is 5.41 Å². The summed E-state index contributed by atoms with van der Waals surface area (Å²) in [5.74, 6) is 0.177. The van der Waals surface area contributed by atoms with Crippen molar-refractivity contribution in [3.63, 3.8) is 0 Å². The van der Waals surface area contributed by atoms with E-state index in [9.17, 15) is 9.90 Å². The minimum Gasteiger partial charge on any atom is -0.389 e. The lowest BCUT2D eigenvalue weighted by atomic mass is 9.72. The fourth-order valence-electron chi connectivity index (χ4n) is 4.60. The molecule has 2 aromatic rings. The maximum absolute atomic E-state index is 13.4. The minimum absolute atomic E-state index is 0.177. The highest BCUT2D eigenvalue weighted by Crippen LogP contribution is 2.40. The summed E-state index contributed by atoms with van der Waals surface area (Å²) in [5.41, 5.74) is 5.73. The average molecular weight is 380 g/mol. The number of aliphatic hydroxyl groups excluding tert-OH is 1. The SMILES string of the molecule is Cc1ccc(-c2ccccc2CC2(C(=O)N3CC(O)C3)CCOCC2)c(C)c1. The van der Waals surface area contributed by atoms with Crippen LogP contribution >= 0.6 is 0 Å². The summed E-state index contributed by atoms with van der Waals surface area (Å²) in [7, 11) is 0. The third kappa shape index (κ3) is 3.59. The first-order chi connectivity index (χ1) is 13.5. The summed E-state index contributed by atoms with van der Waals surface area (Å²) in [5, 5.41) is 9.67. The van der Waals surface area contributed by atoms with Gasteiger partial charge < -0.3 is 14.7 Å². The number of hydrogen-bond acceptors (Lipinski definition) is 3. The fourth-order valence-corrected chi connectivity index (χ4v) is 4.60. The zero-order valence-corrected chi connectivity index (χ0v) is 16.8. The van der Waals surface area contributed by atoms with Crippen LogP contribution < -0.4 is 0 Å². The molecule has 0 aliphatic carbocycles. The van der Waals surface area contributed by atoms with E-state index in [-0.39, 0.29) is 12.0 Å². The maximum Gasteiger partial charge on any atom is 0.229 e. The number of likely N-dealkylation sites (tertiary alicyclic amines) is 1. The molecule has 0 atom stereocenters. The summed E-state index contributed by atoms with van der Waals surface area (Å²) in [6, 6.07) is 15.0. The summed E-state index contributed by atoms with van der Waals surface area (Å²) in [6.07, 6.45) is 1.81. The number of carbonyl (C=O) groups is 1. The highest BCUT2D eigenvalue weighted by atomic mass is 16.5. The van der Waals surface area contributed by atoms with Crippen molar-refractivity contribution >= 4 is 5.91 Å². The highest BCUT2D eigenvalue weighted by Gasteiger charge is 2.45. The van der Waals surface area contributed by atoms with Gasteiger partial charge in [-0.15, -0.1) is 0 Å². The molecular weight excluding hydrogens is 350 g/mol. The van der Waals surface area contributed by atoms with E-state index in [1.165, 1.54) is 27.8 Å². The molecule has 0 spiro atoms. The number of amides is 1. The van der Waals surface area contributed by atoms with Crippen LogP contribution in [0.1, 0.15) is 29.5 Å². The molecule has 0 saturated carbocycles. The maximum atomic E-state index is 13.4. The van der Waals surface area contributed by atoms with Gasteiger partial charge in [0.1, 0.15) is 0 Å². The molecule has 1 N–H and O–H groups in total. The van der Waals surface area contributed by atoms with E-state index in [0.29, 0.717) is 32.7 Å². The Morgan fingerprint density at radius 2 is 1.82 bits per heavy atom. The largest absolute Gasteiger partial charge is 0.389 e. The first-order valence-electron chi connectivity index (χ1n) is 10.2. The van der Waals surface area contributed by atoms with Crippen molar-refractivity contribution < 1.29 is 14.6 Å². The van der Waals surface area contributed by atoms with Crippen molar-refractivity contribution in [2.45, 2.75) is 39.2 Å². The van der Waals surface area contributed by atoms with E-state index >= 15 is 0 Å². The van der Waals surface area contributed by atoms with Crippen LogP contribution in [0.15, 0.2) is 42.5 Å². The standard InChI is InChI=1S/C24H29NO3/c1-17-7-8-21(18(2)13-17)22-6-4-3-5-19(22)14-24(9-11-28-12-10-24)23(27)25-15-20(26)16-25/h3-8,13,20,26H,9-12,14-16H2,1-2H3. The lowest BCUT2D eigenvalue weighted by Crippen LogP contribution is -2.59. The topological polar surface area (TPSA) is 49.8 Å². The van der Waals surface area contributed by atoms with E-state index in [0.717, 1.165) is 12.8 Å². The van der Waals surface area contributed by atoms with Crippen molar-refractivity contribution in [3.8, 4) is 11.1 Å². The molecule has 2 aliphatic rings. The molecule has 2 fully saturated rings. The molecule has 2 aliphatic heterocycles. The molecule has 4 rings (SSSR count). The van der Waals surface area contributed by atoms with Crippen LogP contribution in [0.5, 0.6) is 0 Å². The van der Waals surface area contributed by atoms with E-state index in [1.54, 1.807) is 0 Å². The number of benzene rings is 2. The summed E-state index contributed by atoms with van der Waals surface area (Å²) < 4.78 is 5.59. The van der Waals surface area contributed by atoms with E-state index in [1.807, 2.05) is 4.90 Å². The number of ether oxygens (including phenoxy) is 1. The van der Waals surface area contributed by atoms with Crippen LogP contribution in [0.2, 0.25) is 0 Å². The van der Waals surface area contributed by atoms with Crippen molar-refractivity contribution in [2.75, 3.05) is 26.3 Å². The second-order valence-electron chi connectivity index (χ2n) is 8.41. The Bertz CT molecular complexity index is 864. The van der Waals surface area contributed by atoms with Gasteiger partial charge in [-0.25, -0.2) is 0 Å². The highest BCUT2D eigenvalue weighted by molar-refractivity contribution is 5.84. The molecule has 0 radical (unpaired) electrons. The Kier molecular flexibility index (Phi) is 5.26. The molecule has 2 heterocycles. The van der Waals surface area contributed by atoms with E-state index in [2.05, 4.69) is 56.3 Å². The van der Waals surface area contributed by atoms with Crippen LogP contribution in [-0.2, 0) is 16.0 Å². The molecule has 0 unspecified atom stereocenters. The normalized spacial score (nSPS) is 19.3. The number of hydrogen-bond donors (Lipinski definition) is 1. The minimum atomic E-state index is -0.437. The van der Waals surface area contributed by atoms with E-state index < -0.39 is 5.41 Å². The third-order valence-corrected chi connectivity index (χ3v) is 6.27. The van der Waals surface area contributed by atoms with Gasteiger partial charge in [-0.1, -0.05) is 48.0 Å². The molecule has 4 heteroatoms. The number of nitrogens with zero attached hydrogens (tertiary/aromatic N) is 1. The third-order valence-electron chi connectivity index (χ3n) is 6.27. The van der Waals surface area contributed by atoms with Gasteiger partial charge in [-0.3, -0.25) is 4.79 Å². The molecule has 2 aromatic carbocycles. The van der Waals surface area contributed by atoms with Gasteiger partial charge in [0.25, 0.3) is 0 Å². The zero-order valence-electron chi connectivity index (χ0n) is 16.8. The summed E-state index contributed by atoms with van der Waals surface area (Å²) >= 11 is 0. The van der Waals surface area contributed by atoms with Crippen molar-refractivity contribution in [1.29, 1.82) is 0 Å². The summed E-state index contributed by atoms with van der Waals surface area (Å²) in [4.78, 5) is 15.2. The van der Waals surface area contributed by atoms with E-state index in [4.69, 9.17) is 4.74 Å². The number of carbonyl (C=O) groups excluding carboxylic acids is 1. The quantitative estimate of drug-likeness (QED) is 0.884. The number of aryl methyl sites for hydroxylation is 2. The smallest absolute Gasteiger partial charge is 0.229 e. The van der Waals surface area contributed by atoms with Gasteiger partial charge in [-0.05, 0) is 55.4 Å². The molecule has 0 aromatic heterocycles. The Hall–Kier alpha value is -2.17. The second-order valence-corrected chi connectivity index (χ2v) is 8.41. The van der Waals surface area contributed by atoms with Crippen LogP contribution in [0.4, 0.5) is 0 Å². The lowest BCUT2D eigenvalue weighted by Gasteiger charge is -2.45. The Morgan fingerprint density at radius 1 is 1.11 bits per heavy atom. The van der Waals surface area contributed by atoms with Gasteiger partial charge in [0.05, 0.1) is 11.5 Å². The van der Waals surface area contributed by atoms with Crippen molar-refractivity contribution in [1.82, 2.24) is 4.90 Å². The zero-order chi connectivity index (χ0) is 19.7. The van der Waals surface area contributed by atoms with Gasteiger partial charge in [-0.2, -0.15) is 0 Å². The first-order valence-corrected chi connectivity index (χ1v) is 10.2. The van der Waals surface area contributed by atoms with Gasteiger partial charge in [0, 0.05) is 26.3 Å². The first kappa shape index (κ1) is 19.2. The van der Waals surface area contributed by atoms with Crippen LogP contribution in [-0.4, -0.2) is 48.3 Å². The number of β-amino-alcohol motifs (C(OH)–C–C–N with tert-alkyl or cyclic N) is 1. The molecule has 2 saturated heterocycles. The Balaban J connectivity index is 1.69. The molecule has 148 valence electrons. The number of rotatable bonds is 4. The van der Waals surface area contributed by atoms with Gasteiger partial charge in [0.2, 0.25) is 5.91 Å². The van der Waals surface area contributed by atoms with Crippen LogP contribution in [0.3, 0.4) is 0 Å². The molecule has 28 heavy (non-hydrogen) atoms. The van der Waals surface area contributed by atoms with Gasteiger partial charge in [0.15, 0.2) is 0 Å². The van der Waals surface area contributed by atoms with Crippen molar-refractivity contribution in [3.05, 3.63) is 59.2 Å². The summed E-state index contributed by atoms with van der Waals surface area (Å²) in [6.45, 7) is 6.41. The molecule has 1 amide bonds. The predicted molar refractivity (Wildman–Crippen MR) is 110 cm³/mol. The van der Waals surface area contributed by atoms with Crippen LogP contribution in [0.25, 0.3) is 11.1 Å². The second kappa shape index (κ2) is 7.69. The average Bonchev–Trinajstić information content (AvgIpc) is 2.66. The Morgan fingerprint density at radius 3 is 2.50 bits per heavy atom. The molecular formula is C24H29NO3. The van der Waals surface area contributed by atoms with Crippen LogP contribution in [0, 0.1) is 19.3 Å². The van der Waals surface area contributed by atoms with Gasteiger partial charge >= 0.3 is 0 Å². The Labute approximate surface area is 167 Å².